The lowest BCUT2D eigenvalue weighted by atomic mass is 10.1. The first-order valence-corrected chi connectivity index (χ1v) is 11.5. The van der Waals surface area contributed by atoms with E-state index in [1.54, 1.807) is 7.11 Å². The maximum atomic E-state index is 12.5. The molecule has 1 aliphatic heterocycles. The van der Waals surface area contributed by atoms with Crippen molar-refractivity contribution in [3.05, 3.63) is 71.8 Å². The highest BCUT2D eigenvalue weighted by molar-refractivity contribution is 5.88. The maximum absolute atomic E-state index is 12.5. The SMILES string of the molecule is COc1ccc(C2=CCC(=O)N(CC(=O)NCCC[NH+](Cc3ccccc3)C(C)C)N2)cc1. The van der Waals surface area contributed by atoms with Crippen molar-refractivity contribution >= 4 is 17.5 Å². The molecule has 1 atom stereocenters. The van der Waals surface area contributed by atoms with E-state index in [0.717, 1.165) is 36.5 Å². The predicted octanol–water partition coefficient (Wildman–Crippen LogP) is 1.77. The van der Waals surface area contributed by atoms with Crippen LogP contribution in [0.1, 0.15) is 37.8 Å². The van der Waals surface area contributed by atoms with Crippen LogP contribution in [-0.4, -0.2) is 49.6 Å². The summed E-state index contributed by atoms with van der Waals surface area (Å²) in [6.45, 7) is 6.96. The Hall–Kier alpha value is -3.32. The molecule has 2 aromatic rings. The Kier molecular flexibility index (Phi) is 8.89. The number of hydrazine groups is 1. The van der Waals surface area contributed by atoms with Gasteiger partial charge in [-0.1, -0.05) is 30.3 Å². The third-order valence-electron chi connectivity index (χ3n) is 5.83. The summed E-state index contributed by atoms with van der Waals surface area (Å²) in [6, 6.07) is 18.6. The van der Waals surface area contributed by atoms with Gasteiger partial charge in [0, 0.05) is 24.9 Å². The van der Waals surface area contributed by atoms with Crippen LogP contribution in [0.4, 0.5) is 0 Å². The van der Waals surface area contributed by atoms with E-state index in [9.17, 15) is 9.59 Å². The number of ether oxygens (including phenoxy) is 1. The van der Waals surface area contributed by atoms with E-state index < -0.39 is 0 Å². The van der Waals surface area contributed by atoms with Gasteiger partial charge < -0.3 is 15.0 Å². The van der Waals surface area contributed by atoms with Crippen molar-refractivity contribution in [3.8, 4) is 5.75 Å². The molecule has 0 aliphatic carbocycles. The average molecular weight is 452 g/mol. The van der Waals surface area contributed by atoms with Gasteiger partial charge in [-0.15, -0.1) is 0 Å². The molecule has 176 valence electrons. The van der Waals surface area contributed by atoms with Crippen LogP contribution in [-0.2, 0) is 16.1 Å². The molecule has 2 aromatic carbocycles. The Morgan fingerprint density at radius 1 is 1.15 bits per heavy atom. The van der Waals surface area contributed by atoms with Crippen molar-refractivity contribution in [2.45, 2.75) is 39.3 Å². The fourth-order valence-corrected chi connectivity index (χ4v) is 3.82. The molecular weight excluding hydrogens is 416 g/mol. The van der Waals surface area contributed by atoms with Crippen molar-refractivity contribution in [1.29, 1.82) is 0 Å². The number of hydrogen-bond acceptors (Lipinski definition) is 4. The third-order valence-corrected chi connectivity index (χ3v) is 5.83. The minimum absolute atomic E-state index is 0.0168. The standard InChI is InChI=1S/C26H34N4O3/c1-20(2)29(18-21-8-5-4-6-9-21)17-7-16-27-25(31)19-30-26(32)15-14-24(28-30)22-10-12-23(33-3)13-11-22/h4-6,8-14,20,28H,7,15-19H2,1-3H3,(H,27,31)/p+1. The second-order valence-corrected chi connectivity index (χ2v) is 8.57. The highest BCUT2D eigenvalue weighted by atomic mass is 16.5. The summed E-state index contributed by atoms with van der Waals surface area (Å²) in [5.41, 5.74) is 6.14. The van der Waals surface area contributed by atoms with Gasteiger partial charge in [-0.2, -0.15) is 0 Å². The number of benzene rings is 2. The zero-order chi connectivity index (χ0) is 23.6. The van der Waals surface area contributed by atoms with Gasteiger partial charge >= 0.3 is 0 Å². The quantitative estimate of drug-likeness (QED) is 0.455. The van der Waals surface area contributed by atoms with Crippen LogP contribution >= 0.6 is 0 Å². The molecular formula is C26H35N4O3+. The van der Waals surface area contributed by atoms with Crippen LogP contribution in [0.15, 0.2) is 60.7 Å². The number of nitrogens with one attached hydrogen (secondary N) is 3. The molecule has 7 nitrogen and oxygen atoms in total. The maximum Gasteiger partial charge on any atom is 0.245 e. The molecule has 1 aliphatic rings. The van der Waals surface area contributed by atoms with Crippen LogP contribution in [0.25, 0.3) is 5.70 Å². The number of amides is 2. The van der Waals surface area contributed by atoms with Crippen LogP contribution in [0.5, 0.6) is 5.75 Å². The van der Waals surface area contributed by atoms with E-state index in [2.05, 4.69) is 48.9 Å². The highest BCUT2D eigenvalue weighted by Gasteiger charge is 2.22. The number of hydrogen-bond donors (Lipinski definition) is 3. The summed E-state index contributed by atoms with van der Waals surface area (Å²) in [7, 11) is 1.62. The Morgan fingerprint density at radius 3 is 2.55 bits per heavy atom. The normalized spacial score (nSPS) is 14.5. The van der Waals surface area contributed by atoms with Crippen molar-refractivity contribution in [1.82, 2.24) is 15.8 Å². The molecule has 0 radical (unpaired) electrons. The van der Waals surface area contributed by atoms with E-state index in [1.807, 2.05) is 36.4 Å². The minimum atomic E-state index is -0.166. The zero-order valence-electron chi connectivity index (χ0n) is 19.8. The zero-order valence-corrected chi connectivity index (χ0v) is 19.8. The summed E-state index contributed by atoms with van der Waals surface area (Å²) in [6.07, 6.45) is 2.98. The van der Waals surface area contributed by atoms with Crippen molar-refractivity contribution in [2.24, 2.45) is 0 Å². The molecule has 3 rings (SSSR count). The summed E-state index contributed by atoms with van der Waals surface area (Å²) >= 11 is 0. The third kappa shape index (κ3) is 7.36. The van der Waals surface area contributed by atoms with E-state index in [4.69, 9.17) is 4.74 Å². The van der Waals surface area contributed by atoms with E-state index in [-0.39, 0.29) is 24.8 Å². The average Bonchev–Trinajstić information content (AvgIpc) is 2.83. The van der Waals surface area contributed by atoms with Gasteiger partial charge in [-0.3, -0.25) is 15.0 Å². The van der Waals surface area contributed by atoms with Crippen molar-refractivity contribution < 1.29 is 19.2 Å². The lowest BCUT2D eigenvalue weighted by molar-refractivity contribution is -0.935. The lowest BCUT2D eigenvalue weighted by Crippen LogP contribution is -3.13. The first-order chi connectivity index (χ1) is 16.0. The molecule has 0 saturated carbocycles. The molecule has 3 N–H and O–H groups in total. The molecule has 2 amide bonds. The fourth-order valence-electron chi connectivity index (χ4n) is 3.82. The van der Waals surface area contributed by atoms with Gasteiger partial charge in [0.2, 0.25) is 11.8 Å². The number of rotatable bonds is 11. The molecule has 0 spiro atoms. The van der Waals surface area contributed by atoms with Crippen LogP contribution in [0.3, 0.4) is 0 Å². The molecule has 1 heterocycles. The Labute approximate surface area is 196 Å². The van der Waals surface area contributed by atoms with Gasteiger partial charge in [-0.05, 0) is 49.8 Å². The summed E-state index contributed by atoms with van der Waals surface area (Å²) in [5.74, 6) is 0.478. The molecule has 0 aromatic heterocycles. The van der Waals surface area contributed by atoms with Crippen LogP contribution in [0, 0.1) is 0 Å². The Balaban J connectivity index is 1.43. The molecule has 1 unspecified atom stereocenters. The van der Waals surface area contributed by atoms with Crippen molar-refractivity contribution in [2.75, 3.05) is 26.7 Å². The molecule has 0 saturated heterocycles. The number of carbonyl (C=O) groups excluding carboxylic acids is 2. The Morgan fingerprint density at radius 2 is 1.88 bits per heavy atom. The molecule has 0 fully saturated rings. The number of methoxy groups -OCH3 is 1. The monoisotopic (exact) mass is 451 g/mol. The van der Waals surface area contributed by atoms with Gasteiger partial charge in [-0.25, -0.2) is 5.01 Å². The second kappa shape index (κ2) is 12.1. The van der Waals surface area contributed by atoms with E-state index >= 15 is 0 Å². The summed E-state index contributed by atoms with van der Waals surface area (Å²) in [4.78, 5) is 26.2. The van der Waals surface area contributed by atoms with E-state index in [0.29, 0.717) is 12.6 Å². The van der Waals surface area contributed by atoms with Gasteiger partial charge in [0.25, 0.3) is 0 Å². The summed E-state index contributed by atoms with van der Waals surface area (Å²) in [5, 5.41) is 4.34. The van der Waals surface area contributed by atoms with E-state index in [1.165, 1.54) is 15.5 Å². The number of quaternary nitrogens is 1. The Bertz CT molecular complexity index is 942. The largest absolute Gasteiger partial charge is 0.497 e. The van der Waals surface area contributed by atoms with Gasteiger partial charge in [0.1, 0.15) is 18.8 Å². The predicted molar refractivity (Wildman–Crippen MR) is 129 cm³/mol. The van der Waals surface area contributed by atoms with Gasteiger partial charge in [0.05, 0.1) is 25.4 Å². The van der Waals surface area contributed by atoms with Gasteiger partial charge in [0.15, 0.2) is 0 Å². The minimum Gasteiger partial charge on any atom is -0.497 e. The second-order valence-electron chi connectivity index (χ2n) is 8.57. The first-order valence-electron chi connectivity index (χ1n) is 11.5. The van der Waals surface area contributed by atoms with Crippen molar-refractivity contribution in [3.63, 3.8) is 0 Å². The first kappa shape index (κ1) is 24.3. The number of nitrogens with zero attached hydrogens (tertiary/aromatic N) is 1. The number of carbonyl (C=O) groups is 2. The fraction of sp³-hybridized carbons (Fsp3) is 0.385. The highest BCUT2D eigenvalue weighted by Crippen LogP contribution is 2.20. The lowest BCUT2D eigenvalue weighted by Gasteiger charge is -2.29. The molecule has 7 heteroatoms. The summed E-state index contributed by atoms with van der Waals surface area (Å²) < 4.78 is 5.19. The molecule has 33 heavy (non-hydrogen) atoms. The van der Waals surface area contributed by atoms with Crippen LogP contribution < -0.4 is 20.4 Å². The molecule has 0 bridgehead atoms. The smallest absolute Gasteiger partial charge is 0.245 e. The topological polar surface area (TPSA) is 75.1 Å². The van der Waals surface area contributed by atoms with Crippen LogP contribution in [0.2, 0.25) is 0 Å².